The lowest BCUT2D eigenvalue weighted by Gasteiger charge is -2.29. The molecule has 0 atom stereocenters. The van der Waals surface area contributed by atoms with E-state index >= 15 is 0 Å². The summed E-state index contributed by atoms with van der Waals surface area (Å²) in [5.41, 5.74) is 5.62. The lowest BCUT2D eigenvalue weighted by Crippen LogP contribution is -2.41. The van der Waals surface area contributed by atoms with Crippen LogP contribution in [0.3, 0.4) is 0 Å². The van der Waals surface area contributed by atoms with E-state index in [1.807, 2.05) is 96.0 Å². The molecule has 1 amide bonds. The predicted octanol–water partition coefficient (Wildman–Crippen LogP) is 4.27. The molecule has 0 aromatic heterocycles. The first-order chi connectivity index (χ1) is 12.8. The molecule has 0 spiro atoms. The lowest BCUT2D eigenvalue weighted by atomic mass is 10.3. The molecule has 0 saturated carbocycles. The van der Waals surface area contributed by atoms with Crippen LogP contribution in [0.5, 0.6) is 0 Å². The van der Waals surface area contributed by atoms with Crippen LogP contribution in [0, 0.1) is 0 Å². The molecular weight excluding hydrogens is 324 g/mol. The number of hydrazine groups is 1. The summed E-state index contributed by atoms with van der Waals surface area (Å²) in [6.07, 6.45) is 0.226. The highest BCUT2D eigenvalue weighted by Gasteiger charge is 2.36. The van der Waals surface area contributed by atoms with Crippen LogP contribution in [0.2, 0.25) is 0 Å². The van der Waals surface area contributed by atoms with Gasteiger partial charge in [0.15, 0.2) is 5.84 Å². The molecular formula is C21H18N4O. The molecule has 4 rings (SSSR count). The molecule has 3 aromatic carbocycles. The van der Waals surface area contributed by atoms with Crippen LogP contribution in [-0.4, -0.2) is 11.7 Å². The Kier molecular flexibility index (Phi) is 4.35. The molecule has 0 aliphatic carbocycles. The maximum atomic E-state index is 12.8. The Labute approximate surface area is 152 Å². The highest BCUT2D eigenvalue weighted by Crippen LogP contribution is 2.29. The van der Waals surface area contributed by atoms with E-state index in [0.29, 0.717) is 5.84 Å². The van der Waals surface area contributed by atoms with Crippen molar-refractivity contribution in [3.8, 4) is 0 Å². The average Bonchev–Trinajstić information content (AvgIpc) is 3.04. The van der Waals surface area contributed by atoms with Crippen molar-refractivity contribution >= 4 is 28.8 Å². The number of nitrogens with zero attached hydrogens (tertiary/aromatic N) is 3. The lowest BCUT2D eigenvalue weighted by molar-refractivity contribution is -0.116. The van der Waals surface area contributed by atoms with Gasteiger partial charge >= 0.3 is 0 Å². The van der Waals surface area contributed by atoms with Gasteiger partial charge in [0.1, 0.15) is 0 Å². The molecule has 1 fully saturated rings. The first-order valence-electron chi connectivity index (χ1n) is 8.43. The number of hydrogen-bond donors (Lipinski definition) is 1. The maximum absolute atomic E-state index is 12.8. The fourth-order valence-corrected chi connectivity index (χ4v) is 2.90. The molecule has 1 N–H and O–H groups in total. The third-order valence-electron chi connectivity index (χ3n) is 4.08. The van der Waals surface area contributed by atoms with Gasteiger partial charge in [-0.25, -0.2) is 10.0 Å². The van der Waals surface area contributed by atoms with Gasteiger partial charge in [0.25, 0.3) is 5.91 Å². The van der Waals surface area contributed by atoms with Crippen molar-refractivity contribution in [1.29, 1.82) is 0 Å². The molecule has 0 radical (unpaired) electrons. The Bertz CT molecular complexity index is 911. The summed E-state index contributed by atoms with van der Waals surface area (Å²) >= 11 is 0. The minimum absolute atomic E-state index is 0.0198. The summed E-state index contributed by atoms with van der Waals surface area (Å²) in [6.45, 7) is 0. The second-order valence-corrected chi connectivity index (χ2v) is 5.87. The van der Waals surface area contributed by atoms with Crippen LogP contribution in [0.15, 0.2) is 96.1 Å². The Balaban J connectivity index is 1.73. The maximum Gasteiger partial charge on any atom is 0.253 e. The molecule has 1 aliphatic rings. The zero-order valence-corrected chi connectivity index (χ0v) is 14.1. The van der Waals surface area contributed by atoms with E-state index in [9.17, 15) is 4.79 Å². The van der Waals surface area contributed by atoms with Crippen LogP contribution in [0.25, 0.3) is 0 Å². The summed E-state index contributed by atoms with van der Waals surface area (Å²) in [5.74, 6) is 0.627. The van der Waals surface area contributed by atoms with Crippen LogP contribution < -0.4 is 15.4 Å². The molecule has 5 nitrogen and oxygen atoms in total. The Morgan fingerprint density at radius 2 is 1.19 bits per heavy atom. The highest BCUT2D eigenvalue weighted by atomic mass is 16.2. The number of benzene rings is 3. The van der Waals surface area contributed by atoms with Crippen molar-refractivity contribution in [3.63, 3.8) is 0 Å². The van der Waals surface area contributed by atoms with Crippen LogP contribution in [0.4, 0.5) is 17.1 Å². The second kappa shape index (κ2) is 7.11. The number of carbonyl (C=O) groups is 1. The summed E-state index contributed by atoms with van der Waals surface area (Å²) in [4.78, 5) is 12.8. The van der Waals surface area contributed by atoms with Gasteiger partial charge < -0.3 is 0 Å². The number of rotatable bonds is 4. The molecule has 1 saturated heterocycles. The van der Waals surface area contributed by atoms with E-state index in [1.54, 1.807) is 5.01 Å². The van der Waals surface area contributed by atoms with Crippen LogP contribution in [-0.2, 0) is 4.79 Å². The van der Waals surface area contributed by atoms with Gasteiger partial charge in [-0.3, -0.25) is 10.2 Å². The van der Waals surface area contributed by atoms with Gasteiger partial charge in [-0.15, -0.1) is 0 Å². The quantitative estimate of drug-likeness (QED) is 0.720. The van der Waals surface area contributed by atoms with Crippen molar-refractivity contribution in [3.05, 3.63) is 91.0 Å². The molecule has 1 aliphatic heterocycles. The van der Waals surface area contributed by atoms with Gasteiger partial charge in [-0.1, -0.05) is 54.6 Å². The van der Waals surface area contributed by atoms with E-state index in [0.717, 1.165) is 17.1 Å². The molecule has 1 heterocycles. The summed E-state index contributed by atoms with van der Waals surface area (Å²) in [6, 6.07) is 29.1. The third-order valence-corrected chi connectivity index (χ3v) is 4.08. The number of amidine groups is 1. The fraction of sp³-hybridized carbons (Fsp3) is 0.0476. The second-order valence-electron chi connectivity index (χ2n) is 5.87. The zero-order valence-electron chi connectivity index (χ0n) is 14.1. The number of nitrogens with one attached hydrogen (secondary N) is 1. The van der Waals surface area contributed by atoms with Crippen molar-refractivity contribution in [2.75, 3.05) is 15.4 Å². The number of para-hydroxylation sites is 3. The summed E-state index contributed by atoms with van der Waals surface area (Å²) in [7, 11) is 0. The highest BCUT2D eigenvalue weighted by molar-refractivity contribution is 6.23. The van der Waals surface area contributed by atoms with Gasteiger partial charge in [0, 0.05) is 0 Å². The number of hydrogen-bond acceptors (Lipinski definition) is 3. The van der Waals surface area contributed by atoms with Crippen molar-refractivity contribution in [2.45, 2.75) is 6.42 Å². The predicted molar refractivity (Wildman–Crippen MR) is 105 cm³/mol. The molecule has 26 heavy (non-hydrogen) atoms. The van der Waals surface area contributed by atoms with Gasteiger partial charge in [0.2, 0.25) is 0 Å². The van der Waals surface area contributed by atoms with E-state index in [-0.39, 0.29) is 12.3 Å². The Hall–Kier alpha value is -3.60. The van der Waals surface area contributed by atoms with Gasteiger partial charge in [-0.05, 0) is 36.4 Å². The van der Waals surface area contributed by atoms with Crippen molar-refractivity contribution < 1.29 is 4.79 Å². The molecule has 0 unspecified atom stereocenters. The van der Waals surface area contributed by atoms with E-state index in [1.165, 1.54) is 0 Å². The smallest absolute Gasteiger partial charge is 0.253 e. The molecule has 128 valence electrons. The minimum Gasteiger partial charge on any atom is -0.277 e. The van der Waals surface area contributed by atoms with Gasteiger partial charge in [0.05, 0.1) is 23.5 Å². The third kappa shape index (κ3) is 3.15. The first-order valence-corrected chi connectivity index (χ1v) is 8.43. The Morgan fingerprint density at radius 1 is 0.692 bits per heavy atom. The Morgan fingerprint density at radius 3 is 1.77 bits per heavy atom. The summed E-state index contributed by atoms with van der Waals surface area (Å²) in [5, 5.41) is 8.03. The van der Waals surface area contributed by atoms with Crippen LogP contribution in [0.1, 0.15) is 6.42 Å². The molecule has 5 heteroatoms. The molecule has 0 bridgehead atoms. The number of amides is 1. The monoisotopic (exact) mass is 342 g/mol. The summed E-state index contributed by atoms with van der Waals surface area (Å²) < 4.78 is 0. The van der Waals surface area contributed by atoms with Crippen molar-refractivity contribution in [2.24, 2.45) is 5.10 Å². The number of anilines is 3. The van der Waals surface area contributed by atoms with E-state index in [4.69, 9.17) is 0 Å². The molecule has 3 aromatic rings. The van der Waals surface area contributed by atoms with Crippen LogP contribution >= 0.6 is 0 Å². The minimum atomic E-state index is -0.0198. The first kappa shape index (κ1) is 15.9. The topological polar surface area (TPSA) is 47.9 Å². The SMILES string of the molecule is O=C1CC(=NNc2ccccc2)N(c2ccccc2)N1c1ccccc1. The average molecular weight is 342 g/mol. The number of hydrazone groups is 1. The zero-order chi connectivity index (χ0) is 17.8. The van der Waals surface area contributed by atoms with E-state index in [2.05, 4.69) is 10.5 Å². The number of carbonyl (C=O) groups excluding carboxylic acids is 1. The normalized spacial score (nSPS) is 15.5. The van der Waals surface area contributed by atoms with Crippen molar-refractivity contribution in [1.82, 2.24) is 0 Å². The largest absolute Gasteiger partial charge is 0.277 e. The fourth-order valence-electron chi connectivity index (χ4n) is 2.90. The standard InChI is InChI=1S/C21H18N4O/c26-21-16-20(23-22-17-10-4-1-5-11-17)24(18-12-6-2-7-13-18)25(21)19-14-8-3-9-15-19/h1-15,22H,16H2. The van der Waals surface area contributed by atoms with E-state index < -0.39 is 0 Å². The van der Waals surface area contributed by atoms with Gasteiger partial charge in [-0.2, -0.15) is 5.10 Å².